The third-order valence-corrected chi connectivity index (χ3v) is 7.12. The summed E-state index contributed by atoms with van der Waals surface area (Å²) in [5.41, 5.74) is 2.75. The Morgan fingerprint density at radius 1 is 1.03 bits per heavy atom. The molecule has 2 aliphatic rings. The Morgan fingerprint density at radius 2 is 1.67 bits per heavy atom. The molecule has 158 valence electrons. The van der Waals surface area contributed by atoms with Crippen LogP contribution >= 0.6 is 0 Å². The number of hydrogen-bond acceptors (Lipinski definition) is 4. The van der Waals surface area contributed by atoms with Crippen molar-refractivity contribution >= 4 is 27.5 Å². The van der Waals surface area contributed by atoms with Gasteiger partial charge in [-0.25, -0.2) is 0 Å². The zero-order valence-corrected chi connectivity index (χ0v) is 18.4. The molecule has 0 aromatic heterocycles. The number of nitrogens with one attached hydrogen (secondary N) is 1. The summed E-state index contributed by atoms with van der Waals surface area (Å²) >= 11 is 0. The van der Waals surface area contributed by atoms with Crippen molar-refractivity contribution in [3.8, 4) is 0 Å². The van der Waals surface area contributed by atoms with Crippen LogP contribution in [0.15, 0.2) is 57.8 Å². The molecule has 2 aromatic carbocycles. The Hall–Kier alpha value is -2.67. The minimum absolute atomic E-state index is 0.0135. The summed E-state index contributed by atoms with van der Waals surface area (Å²) in [4.78, 5) is 15.0. The zero-order chi connectivity index (χ0) is 21.5. The van der Waals surface area contributed by atoms with E-state index in [4.69, 9.17) is 0 Å². The van der Waals surface area contributed by atoms with E-state index in [0.29, 0.717) is 37.3 Å². The fourth-order valence-electron chi connectivity index (χ4n) is 3.97. The number of amides is 1. The van der Waals surface area contributed by atoms with Crippen molar-refractivity contribution in [3.63, 3.8) is 0 Å². The first kappa shape index (κ1) is 20.6. The Balaban J connectivity index is 1.39. The summed E-state index contributed by atoms with van der Waals surface area (Å²) in [5.74, 6) is 0.416. The van der Waals surface area contributed by atoms with Gasteiger partial charge in [0.1, 0.15) is 4.90 Å². The van der Waals surface area contributed by atoms with Gasteiger partial charge in [0.25, 0.3) is 10.0 Å². The SMILES string of the molecule is CC(C)(C)c1ccc(NC(=O)C2CCN(C3=NS(=O)(=O)c4ccccc43)CC2)cc1. The van der Waals surface area contributed by atoms with Gasteiger partial charge in [-0.2, -0.15) is 8.42 Å². The normalized spacial score (nSPS) is 18.6. The van der Waals surface area contributed by atoms with Gasteiger partial charge < -0.3 is 10.2 Å². The Labute approximate surface area is 178 Å². The van der Waals surface area contributed by atoms with Gasteiger partial charge in [-0.3, -0.25) is 4.79 Å². The van der Waals surface area contributed by atoms with Crippen LogP contribution in [0.4, 0.5) is 5.69 Å². The lowest BCUT2D eigenvalue weighted by Crippen LogP contribution is -2.41. The van der Waals surface area contributed by atoms with Gasteiger partial charge in [-0.15, -0.1) is 4.40 Å². The summed E-state index contributed by atoms with van der Waals surface area (Å²) in [6.07, 6.45) is 1.32. The lowest BCUT2D eigenvalue weighted by Gasteiger charge is -2.32. The molecule has 0 unspecified atom stereocenters. The second-order valence-corrected chi connectivity index (χ2v) is 10.5. The Kier molecular flexibility index (Phi) is 5.18. The van der Waals surface area contributed by atoms with Crippen molar-refractivity contribution in [2.45, 2.75) is 43.9 Å². The van der Waals surface area contributed by atoms with Gasteiger partial charge in [0.05, 0.1) is 0 Å². The average molecular weight is 426 g/mol. The minimum atomic E-state index is -3.62. The second kappa shape index (κ2) is 7.54. The third-order valence-electron chi connectivity index (χ3n) is 5.80. The maximum atomic E-state index is 12.7. The molecule has 0 spiro atoms. The smallest absolute Gasteiger partial charge is 0.285 e. The fraction of sp³-hybridized carbons (Fsp3) is 0.391. The van der Waals surface area contributed by atoms with E-state index in [1.54, 1.807) is 18.2 Å². The van der Waals surface area contributed by atoms with Gasteiger partial charge in [-0.1, -0.05) is 45.0 Å². The number of sulfonamides is 1. The average Bonchev–Trinajstić information content (AvgIpc) is 2.99. The number of piperidine rings is 1. The number of nitrogens with zero attached hydrogens (tertiary/aromatic N) is 2. The number of amidine groups is 1. The summed E-state index contributed by atoms with van der Waals surface area (Å²) in [7, 11) is -3.62. The molecule has 0 saturated carbocycles. The quantitative estimate of drug-likeness (QED) is 0.794. The van der Waals surface area contributed by atoms with E-state index in [9.17, 15) is 13.2 Å². The number of anilines is 1. The predicted molar refractivity (Wildman–Crippen MR) is 118 cm³/mol. The summed E-state index contributed by atoms with van der Waals surface area (Å²) < 4.78 is 28.6. The number of likely N-dealkylation sites (tertiary alicyclic amines) is 1. The van der Waals surface area contributed by atoms with E-state index in [1.165, 1.54) is 5.56 Å². The number of carbonyl (C=O) groups is 1. The highest BCUT2D eigenvalue weighted by Gasteiger charge is 2.34. The molecule has 30 heavy (non-hydrogen) atoms. The van der Waals surface area contributed by atoms with Crippen molar-refractivity contribution in [3.05, 3.63) is 59.7 Å². The molecule has 2 aromatic rings. The summed E-state index contributed by atoms with van der Waals surface area (Å²) in [5, 5.41) is 3.02. The molecule has 1 amide bonds. The molecule has 0 bridgehead atoms. The largest absolute Gasteiger partial charge is 0.355 e. The van der Waals surface area contributed by atoms with Gasteiger partial charge >= 0.3 is 0 Å². The van der Waals surface area contributed by atoms with E-state index in [-0.39, 0.29) is 22.1 Å². The molecule has 2 heterocycles. The van der Waals surface area contributed by atoms with Crippen LogP contribution in [-0.4, -0.2) is 38.2 Å². The molecule has 0 aliphatic carbocycles. The van der Waals surface area contributed by atoms with Gasteiger partial charge in [-0.05, 0) is 48.1 Å². The van der Waals surface area contributed by atoms with E-state index in [2.05, 4.69) is 30.5 Å². The number of benzene rings is 2. The van der Waals surface area contributed by atoms with Crippen molar-refractivity contribution in [2.75, 3.05) is 18.4 Å². The van der Waals surface area contributed by atoms with Crippen LogP contribution in [-0.2, 0) is 20.2 Å². The lowest BCUT2D eigenvalue weighted by atomic mass is 9.87. The number of hydrogen-bond donors (Lipinski definition) is 1. The van der Waals surface area contributed by atoms with Crippen molar-refractivity contribution in [2.24, 2.45) is 10.3 Å². The molecule has 6 nitrogen and oxygen atoms in total. The molecule has 1 fully saturated rings. The van der Waals surface area contributed by atoms with E-state index in [0.717, 1.165) is 5.69 Å². The molecule has 1 saturated heterocycles. The number of rotatable bonds is 2. The first-order valence-corrected chi connectivity index (χ1v) is 11.7. The maximum Gasteiger partial charge on any atom is 0.285 e. The highest BCUT2D eigenvalue weighted by molar-refractivity contribution is 7.90. The second-order valence-electron chi connectivity index (χ2n) is 8.96. The van der Waals surface area contributed by atoms with Gasteiger partial charge in [0, 0.05) is 30.3 Å². The molecule has 4 rings (SSSR count). The van der Waals surface area contributed by atoms with E-state index in [1.807, 2.05) is 35.2 Å². The maximum absolute atomic E-state index is 12.7. The van der Waals surface area contributed by atoms with Crippen LogP contribution in [0.3, 0.4) is 0 Å². The summed E-state index contributed by atoms with van der Waals surface area (Å²) in [6, 6.07) is 14.9. The minimum Gasteiger partial charge on any atom is -0.355 e. The molecular weight excluding hydrogens is 398 g/mol. The molecule has 0 atom stereocenters. The van der Waals surface area contributed by atoms with Crippen molar-refractivity contribution in [1.82, 2.24) is 4.90 Å². The topological polar surface area (TPSA) is 78.8 Å². The molecule has 1 N–H and O–H groups in total. The fourth-order valence-corrected chi connectivity index (χ4v) is 5.20. The van der Waals surface area contributed by atoms with Gasteiger partial charge in [0.15, 0.2) is 5.84 Å². The number of carbonyl (C=O) groups excluding carboxylic acids is 1. The number of fused-ring (bicyclic) bond motifs is 1. The van der Waals surface area contributed by atoms with Crippen LogP contribution < -0.4 is 5.32 Å². The van der Waals surface area contributed by atoms with Crippen LogP contribution in [0.25, 0.3) is 0 Å². The predicted octanol–water partition coefficient (Wildman–Crippen LogP) is 3.78. The highest BCUT2D eigenvalue weighted by Crippen LogP contribution is 2.30. The molecule has 2 aliphatic heterocycles. The van der Waals surface area contributed by atoms with Gasteiger partial charge in [0.2, 0.25) is 5.91 Å². The Morgan fingerprint density at radius 3 is 2.30 bits per heavy atom. The molecule has 0 radical (unpaired) electrons. The zero-order valence-electron chi connectivity index (χ0n) is 17.6. The van der Waals surface area contributed by atoms with Crippen LogP contribution in [0, 0.1) is 5.92 Å². The van der Waals surface area contributed by atoms with Crippen molar-refractivity contribution in [1.29, 1.82) is 0 Å². The first-order valence-electron chi connectivity index (χ1n) is 10.3. The highest BCUT2D eigenvalue weighted by atomic mass is 32.2. The van der Waals surface area contributed by atoms with E-state index >= 15 is 0 Å². The molecular formula is C23H27N3O3S. The standard InChI is InChI=1S/C23H27N3O3S/c1-23(2,3)17-8-10-18(11-9-17)24-22(27)16-12-14-26(15-13-16)21-19-6-4-5-7-20(19)30(28,29)25-21/h4-11,16H,12-15H2,1-3H3,(H,24,27). The third kappa shape index (κ3) is 3.99. The lowest BCUT2D eigenvalue weighted by molar-refractivity contribution is -0.120. The molecule has 7 heteroatoms. The first-order chi connectivity index (χ1) is 14.1. The Bertz CT molecular complexity index is 1090. The van der Waals surface area contributed by atoms with Crippen LogP contribution in [0.5, 0.6) is 0 Å². The van der Waals surface area contributed by atoms with Crippen molar-refractivity contribution < 1.29 is 13.2 Å². The van der Waals surface area contributed by atoms with Crippen LogP contribution in [0.1, 0.15) is 44.7 Å². The van der Waals surface area contributed by atoms with E-state index < -0.39 is 10.0 Å². The monoisotopic (exact) mass is 425 g/mol. The van der Waals surface area contributed by atoms with Crippen LogP contribution in [0.2, 0.25) is 0 Å². The summed E-state index contributed by atoms with van der Waals surface area (Å²) in [6.45, 7) is 7.68.